The van der Waals surface area contributed by atoms with Crippen LogP contribution in [-0.4, -0.2) is 41.4 Å². The number of rotatable bonds is 6. The van der Waals surface area contributed by atoms with Crippen LogP contribution in [0.3, 0.4) is 0 Å². The molecular formula is C18H19N3O4. The molecule has 0 bridgehead atoms. The molecule has 25 heavy (non-hydrogen) atoms. The molecule has 3 rings (SSSR count). The van der Waals surface area contributed by atoms with Gasteiger partial charge in [-0.3, -0.25) is 9.59 Å². The first-order valence-corrected chi connectivity index (χ1v) is 8.00. The molecule has 0 spiro atoms. The fourth-order valence-electron chi connectivity index (χ4n) is 2.59. The van der Waals surface area contributed by atoms with Crippen LogP contribution in [0.4, 0.5) is 0 Å². The van der Waals surface area contributed by atoms with E-state index in [2.05, 4.69) is 4.98 Å². The molecule has 1 saturated heterocycles. The Morgan fingerprint density at radius 2 is 1.92 bits per heavy atom. The Morgan fingerprint density at radius 1 is 1.16 bits per heavy atom. The lowest BCUT2D eigenvalue weighted by Crippen LogP contribution is -2.34. The average Bonchev–Trinajstić information content (AvgIpc) is 3.12. The van der Waals surface area contributed by atoms with Crippen molar-refractivity contribution in [2.75, 3.05) is 19.7 Å². The maximum absolute atomic E-state index is 12.1. The lowest BCUT2D eigenvalue weighted by molar-refractivity contribution is -0.132. The normalized spacial score (nSPS) is 16.5. The molecule has 0 radical (unpaired) electrons. The van der Waals surface area contributed by atoms with Gasteiger partial charge in [-0.25, -0.2) is 4.98 Å². The molecule has 2 heterocycles. The summed E-state index contributed by atoms with van der Waals surface area (Å²) in [4.78, 5) is 28.9. The number of pyridine rings is 1. The topological polar surface area (TPSA) is 94.8 Å². The summed E-state index contributed by atoms with van der Waals surface area (Å²) in [5, 5.41) is 0. The molecule has 2 aromatic rings. The van der Waals surface area contributed by atoms with Crippen LogP contribution in [0.5, 0.6) is 17.4 Å². The van der Waals surface area contributed by atoms with Gasteiger partial charge in [0.25, 0.3) is 5.91 Å². The summed E-state index contributed by atoms with van der Waals surface area (Å²) in [5.41, 5.74) is 5.27. The summed E-state index contributed by atoms with van der Waals surface area (Å²) < 4.78 is 11.1. The smallest absolute Gasteiger partial charge is 0.260 e. The molecule has 1 fully saturated rings. The van der Waals surface area contributed by atoms with Gasteiger partial charge in [-0.15, -0.1) is 0 Å². The fourth-order valence-corrected chi connectivity index (χ4v) is 2.59. The number of nitrogens with two attached hydrogens (primary N) is 1. The van der Waals surface area contributed by atoms with Crippen LogP contribution in [0, 0.1) is 5.92 Å². The molecule has 1 aliphatic rings. The zero-order valence-corrected chi connectivity index (χ0v) is 13.6. The Hall–Kier alpha value is -3.09. The van der Waals surface area contributed by atoms with Crippen molar-refractivity contribution < 1.29 is 19.1 Å². The number of hydrogen-bond acceptors (Lipinski definition) is 5. The van der Waals surface area contributed by atoms with Crippen LogP contribution in [0.1, 0.15) is 6.42 Å². The van der Waals surface area contributed by atoms with Gasteiger partial charge >= 0.3 is 0 Å². The van der Waals surface area contributed by atoms with E-state index >= 15 is 0 Å². The van der Waals surface area contributed by atoms with E-state index in [1.54, 1.807) is 41.4 Å². The molecule has 0 aliphatic carbocycles. The summed E-state index contributed by atoms with van der Waals surface area (Å²) in [6.45, 7) is 0.826. The largest absolute Gasteiger partial charge is 0.484 e. The molecular weight excluding hydrogens is 322 g/mol. The number of benzene rings is 1. The highest BCUT2D eigenvalue weighted by atomic mass is 16.5. The third kappa shape index (κ3) is 4.47. The van der Waals surface area contributed by atoms with Gasteiger partial charge in [0, 0.05) is 25.4 Å². The molecule has 7 nitrogen and oxygen atoms in total. The van der Waals surface area contributed by atoms with Crippen LogP contribution >= 0.6 is 0 Å². The zero-order valence-electron chi connectivity index (χ0n) is 13.6. The summed E-state index contributed by atoms with van der Waals surface area (Å²) in [6.07, 6.45) is 2.26. The first-order chi connectivity index (χ1) is 12.1. The Kier molecular flexibility index (Phi) is 5.13. The third-order valence-electron chi connectivity index (χ3n) is 3.99. The van der Waals surface area contributed by atoms with E-state index in [-0.39, 0.29) is 24.3 Å². The maximum Gasteiger partial charge on any atom is 0.260 e. The van der Waals surface area contributed by atoms with Crippen molar-refractivity contribution in [3.63, 3.8) is 0 Å². The number of aromatic nitrogens is 1. The van der Waals surface area contributed by atoms with Gasteiger partial charge in [-0.1, -0.05) is 6.07 Å². The van der Waals surface area contributed by atoms with E-state index in [4.69, 9.17) is 15.2 Å². The third-order valence-corrected chi connectivity index (χ3v) is 3.99. The fraction of sp³-hybridized carbons (Fsp3) is 0.278. The quantitative estimate of drug-likeness (QED) is 0.861. The minimum atomic E-state index is -0.361. The number of amides is 2. The monoisotopic (exact) mass is 341 g/mol. The average molecular weight is 341 g/mol. The summed E-state index contributed by atoms with van der Waals surface area (Å²) in [7, 11) is 0. The molecule has 2 amide bonds. The van der Waals surface area contributed by atoms with Crippen LogP contribution in [0.2, 0.25) is 0 Å². The number of hydrogen-bond donors (Lipinski definition) is 1. The van der Waals surface area contributed by atoms with E-state index in [9.17, 15) is 9.59 Å². The molecule has 0 saturated carbocycles. The molecule has 1 aromatic carbocycles. The van der Waals surface area contributed by atoms with E-state index < -0.39 is 0 Å². The molecule has 2 N–H and O–H groups in total. The van der Waals surface area contributed by atoms with Crippen LogP contribution in [0.15, 0.2) is 48.7 Å². The van der Waals surface area contributed by atoms with Gasteiger partial charge in [0.2, 0.25) is 11.8 Å². The second-order valence-corrected chi connectivity index (χ2v) is 5.76. The molecule has 1 atom stereocenters. The van der Waals surface area contributed by atoms with E-state index in [0.29, 0.717) is 36.9 Å². The van der Waals surface area contributed by atoms with Crippen molar-refractivity contribution in [1.82, 2.24) is 9.88 Å². The Labute approximate surface area is 145 Å². The molecule has 1 aromatic heterocycles. The van der Waals surface area contributed by atoms with Crippen LogP contribution in [-0.2, 0) is 9.59 Å². The molecule has 0 unspecified atom stereocenters. The highest BCUT2D eigenvalue weighted by Crippen LogP contribution is 2.22. The highest BCUT2D eigenvalue weighted by molar-refractivity contribution is 5.81. The lowest BCUT2D eigenvalue weighted by Gasteiger charge is -2.16. The highest BCUT2D eigenvalue weighted by Gasteiger charge is 2.29. The summed E-state index contributed by atoms with van der Waals surface area (Å²) in [5.74, 6) is 0.919. The zero-order chi connectivity index (χ0) is 17.6. The number of ether oxygens (including phenoxy) is 2. The van der Waals surface area contributed by atoms with Gasteiger partial charge in [-0.05, 0) is 36.8 Å². The van der Waals surface area contributed by atoms with Gasteiger partial charge in [0.05, 0.1) is 5.92 Å². The van der Waals surface area contributed by atoms with E-state index in [1.807, 2.05) is 12.1 Å². The van der Waals surface area contributed by atoms with Crippen LogP contribution < -0.4 is 15.2 Å². The van der Waals surface area contributed by atoms with Crippen molar-refractivity contribution in [1.29, 1.82) is 0 Å². The minimum absolute atomic E-state index is 0.0775. The number of carbonyl (C=O) groups is 2. The number of carbonyl (C=O) groups excluding carboxylic acids is 2. The second kappa shape index (κ2) is 7.65. The van der Waals surface area contributed by atoms with E-state index in [0.717, 1.165) is 0 Å². The van der Waals surface area contributed by atoms with Crippen LogP contribution in [0.25, 0.3) is 0 Å². The van der Waals surface area contributed by atoms with Gasteiger partial charge in [0.15, 0.2) is 6.61 Å². The Bertz CT molecular complexity index is 734. The van der Waals surface area contributed by atoms with Gasteiger partial charge in [-0.2, -0.15) is 0 Å². The molecule has 1 aliphatic heterocycles. The minimum Gasteiger partial charge on any atom is -0.484 e. The lowest BCUT2D eigenvalue weighted by atomic mass is 10.1. The van der Waals surface area contributed by atoms with Crippen molar-refractivity contribution in [2.24, 2.45) is 11.7 Å². The standard InChI is InChI=1S/C18H19N3O4/c19-18(23)13-8-10-21(11-13)17(22)12-24-14-4-6-15(7-5-14)25-16-3-1-2-9-20-16/h1-7,9,13H,8,10-12H2,(H2,19,23)/t13-/m0/s1. The Balaban J connectivity index is 1.49. The molecule has 7 heteroatoms. The maximum atomic E-state index is 12.1. The summed E-state index contributed by atoms with van der Waals surface area (Å²) in [6, 6.07) is 12.3. The Morgan fingerprint density at radius 3 is 2.56 bits per heavy atom. The molecule has 130 valence electrons. The number of likely N-dealkylation sites (tertiary alicyclic amines) is 1. The summed E-state index contributed by atoms with van der Waals surface area (Å²) >= 11 is 0. The van der Waals surface area contributed by atoms with E-state index in [1.165, 1.54) is 0 Å². The SMILES string of the molecule is NC(=O)[C@H]1CCN(C(=O)COc2ccc(Oc3ccccn3)cc2)C1. The predicted molar refractivity (Wildman–Crippen MR) is 90.1 cm³/mol. The van der Waals surface area contributed by atoms with Crippen molar-refractivity contribution in [3.8, 4) is 17.4 Å². The van der Waals surface area contributed by atoms with Crippen molar-refractivity contribution in [3.05, 3.63) is 48.7 Å². The first kappa shape index (κ1) is 16.8. The predicted octanol–water partition coefficient (Wildman–Crippen LogP) is 1.59. The van der Waals surface area contributed by atoms with Crippen molar-refractivity contribution >= 4 is 11.8 Å². The second-order valence-electron chi connectivity index (χ2n) is 5.76. The van der Waals surface area contributed by atoms with Gasteiger partial charge < -0.3 is 20.1 Å². The first-order valence-electron chi connectivity index (χ1n) is 8.00. The van der Waals surface area contributed by atoms with Gasteiger partial charge in [0.1, 0.15) is 11.5 Å². The van der Waals surface area contributed by atoms with Crippen molar-refractivity contribution in [2.45, 2.75) is 6.42 Å². The number of primary amides is 1. The number of nitrogens with zero attached hydrogens (tertiary/aromatic N) is 2.